The lowest BCUT2D eigenvalue weighted by molar-refractivity contribution is 0.304. The van der Waals surface area contributed by atoms with Gasteiger partial charge in [-0.3, -0.25) is 0 Å². The number of benzene rings is 1. The van der Waals surface area contributed by atoms with Crippen molar-refractivity contribution < 1.29 is 4.74 Å². The summed E-state index contributed by atoms with van der Waals surface area (Å²) in [7, 11) is 0. The predicted molar refractivity (Wildman–Crippen MR) is 86.1 cm³/mol. The van der Waals surface area contributed by atoms with Gasteiger partial charge in [0.25, 0.3) is 0 Å². The van der Waals surface area contributed by atoms with Gasteiger partial charge in [0, 0.05) is 10.7 Å². The van der Waals surface area contributed by atoms with Gasteiger partial charge < -0.3 is 4.74 Å². The van der Waals surface area contributed by atoms with Gasteiger partial charge in [-0.1, -0.05) is 69.7 Å². The molecule has 1 aromatic carbocycles. The average molecular weight is 378 g/mol. The quantitative estimate of drug-likeness (QED) is 0.375. The normalized spacial score (nSPS) is 10.6. The molecule has 0 spiro atoms. The van der Waals surface area contributed by atoms with Gasteiger partial charge in [0.1, 0.15) is 5.75 Å². The van der Waals surface area contributed by atoms with Gasteiger partial charge in [-0.05, 0) is 30.5 Å². The maximum absolute atomic E-state index is 5.71. The molecular weight excluding hydrogens is 356 g/mol. The van der Waals surface area contributed by atoms with E-state index in [1.807, 2.05) is 12.1 Å². The Labute approximate surface area is 128 Å². The van der Waals surface area contributed by atoms with Crippen LogP contribution in [0.2, 0.25) is 0 Å². The van der Waals surface area contributed by atoms with Crippen LogP contribution in [0.1, 0.15) is 44.1 Å². The number of unbranched alkanes of at least 4 members (excludes halogenated alkanes) is 5. The summed E-state index contributed by atoms with van der Waals surface area (Å²) in [6.45, 7) is 0.839. The number of hydrogen-bond donors (Lipinski definition) is 0. The van der Waals surface area contributed by atoms with Gasteiger partial charge in [-0.25, -0.2) is 0 Å². The third kappa shape index (κ3) is 7.42. The average Bonchev–Trinajstić information content (AvgIpc) is 2.42. The molecule has 0 radical (unpaired) electrons. The Morgan fingerprint density at radius 3 is 2.00 bits per heavy atom. The fourth-order valence-electron chi connectivity index (χ4n) is 1.77. The first-order chi connectivity index (χ1) is 8.86. The Morgan fingerprint density at radius 1 is 0.778 bits per heavy atom. The van der Waals surface area contributed by atoms with Crippen molar-refractivity contribution in [1.29, 1.82) is 0 Å². The zero-order valence-corrected chi connectivity index (χ0v) is 14.0. The zero-order valence-electron chi connectivity index (χ0n) is 10.8. The highest BCUT2D eigenvalue weighted by Crippen LogP contribution is 2.15. The highest BCUT2D eigenvalue weighted by atomic mass is 79.9. The number of halogens is 2. The van der Waals surface area contributed by atoms with Crippen LogP contribution < -0.4 is 4.74 Å². The van der Waals surface area contributed by atoms with Gasteiger partial charge >= 0.3 is 0 Å². The van der Waals surface area contributed by atoms with Crippen molar-refractivity contribution in [3.05, 3.63) is 29.8 Å². The molecular formula is C15H22Br2O. The summed E-state index contributed by atoms with van der Waals surface area (Å²) < 4.78 is 5.71. The van der Waals surface area contributed by atoms with Gasteiger partial charge in [-0.2, -0.15) is 0 Å². The summed E-state index contributed by atoms with van der Waals surface area (Å²) in [5.74, 6) is 0.985. The minimum Gasteiger partial charge on any atom is -0.494 e. The molecule has 102 valence electrons. The summed E-state index contributed by atoms with van der Waals surface area (Å²) in [6.07, 6.45) is 7.78. The lowest BCUT2D eigenvalue weighted by Gasteiger charge is -2.06. The zero-order chi connectivity index (χ0) is 13.1. The number of alkyl halides is 2. The highest BCUT2D eigenvalue weighted by molar-refractivity contribution is 9.09. The van der Waals surface area contributed by atoms with Crippen LogP contribution in [0.5, 0.6) is 5.75 Å². The summed E-state index contributed by atoms with van der Waals surface area (Å²) in [4.78, 5) is 0. The molecule has 18 heavy (non-hydrogen) atoms. The molecule has 0 N–H and O–H groups in total. The second-order valence-corrected chi connectivity index (χ2v) is 5.79. The van der Waals surface area contributed by atoms with Crippen molar-refractivity contribution in [2.75, 3.05) is 11.9 Å². The van der Waals surface area contributed by atoms with Gasteiger partial charge in [-0.15, -0.1) is 0 Å². The Morgan fingerprint density at radius 2 is 1.39 bits per heavy atom. The van der Waals surface area contributed by atoms with Crippen molar-refractivity contribution in [3.63, 3.8) is 0 Å². The summed E-state index contributed by atoms with van der Waals surface area (Å²) in [6, 6.07) is 8.30. The first-order valence-corrected chi connectivity index (χ1v) is 8.95. The predicted octanol–water partition coefficient (Wildman–Crippen LogP) is 5.70. The Kier molecular flexibility index (Phi) is 9.68. The lowest BCUT2D eigenvalue weighted by atomic mass is 10.1. The van der Waals surface area contributed by atoms with E-state index in [1.54, 1.807) is 0 Å². The molecule has 0 amide bonds. The molecule has 0 atom stereocenters. The Balaban J connectivity index is 2.00. The minimum absolute atomic E-state index is 0.839. The van der Waals surface area contributed by atoms with Gasteiger partial charge in [0.15, 0.2) is 0 Å². The van der Waals surface area contributed by atoms with Crippen LogP contribution in [0.4, 0.5) is 0 Å². The van der Waals surface area contributed by atoms with Gasteiger partial charge in [0.2, 0.25) is 0 Å². The lowest BCUT2D eigenvalue weighted by Crippen LogP contribution is -1.97. The van der Waals surface area contributed by atoms with E-state index in [2.05, 4.69) is 44.0 Å². The van der Waals surface area contributed by atoms with Crippen molar-refractivity contribution in [3.8, 4) is 5.75 Å². The summed E-state index contributed by atoms with van der Waals surface area (Å²) in [5.41, 5.74) is 1.29. The van der Waals surface area contributed by atoms with Crippen LogP contribution in [0, 0.1) is 0 Å². The molecule has 1 rings (SSSR count). The first kappa shape index (κ1) is 16.0. The molecule has 0 aliphatic carbocycles. The molecule has 0 bridgehead atoms. The molecule has 0 unspecified atom stereocenters. The number of ether oxygens (including phenoxy) is 1. The molecule has 3 heteroatoms. The van der Waals surface area contributed by atoms with Crippen molar-refractivity contribution >= 4 is 31.9 Å². The number of hydrogen-bond acceptors (Lipinski definition) is 1. The minimum atomic E-state index is 0.839. The van der Waals surface area contributed by atoms with E-state index in [1.165, 1.54) is 37.7 Å². The molecule has 0 saturated carbocycles. The molecule has 0 heterocycles. The topological polar surface area (TPSA) is 9.23 Å². The maximum Gasteiger partial charge on any atom is 0.119 e. The van der Waals surface area contributed by atoms with Gasteiger partial charge in [0.05, 0.1) is 6.61 Å². The van der Waals surface area contributed by atoms with E-state index in [9.17, 15) is 0 Å². The van der Waals surface area contributed by atoms with Crippen LogP contribution in [0.3, 0.4) is 0 Å². The van der Waals surface area contributed by atoms with E-state index >= 15 is 0 Å². The smallest absolute Gasteiger partial charge is 0.119 e. The van der Waals surface area contributed by atoms with E-state index in [4.69, 9.17) is 4.74 Å². The van der Waals surface area contributed by atoms with Crippen LogP contribution in [-0.4, -0.2) is 11.9 Å². The molecule has 0 aliphatic heterocycles. The van der Waals surface area contributed by atoms with Crippen LogP contribution in [0.15, 0.2) is 24.3 Å². The van der Waals surface area contributed by atoms with Crippen molar-refractivity contribution in [2.45, 2.75) is 43.9 Å². The van der Waals surface area contributed by atoms with E-state index in [-0.39, 0.29) is 0 Å². The third-order valence-electron chi connectivity index (χ3n) is 2.87. The molecule has 0 aliphatic rings. The molecule has 1 aromatic rings. The van der Waals surface area contributed by atoms with E-state index in [0.29, 0.717) is 0 Å². The number of rotatable bonds is 10. The fraction of sp³-hybridized carbons (Fsp3) is 0.600. The fourth-order valence-corrected chi connectivity index (χ4v) is 2.54. The molecule has 0 saturated heterocycles. The van der Waals surface area contributed by atoms with Crippen LogP contribution >= 0.6 is 31.9 Å². The van der Waals surface area contributed by atoms with E-state index < -0.39 is 0 Å². The monoisotopic (exact) mass is 376 g/mol. The standard InChI is InChI=1S/C15H22Br2O/c16-11-5-3-1-2-4-6-12-18-15-9-7-14(13-17)8-10-15/h7-10H,1-6,11-13H2. The van der Waals surface area contributed by atoms with Crippen LogP contribution in [-0.2, 0) is 5.33 Å². The van der Waals surface area contributed by atoms with Crippen molar-refractivity contribution in [2.24, 2.45) is 0 Å². The summed E-state index contributed by atoms with van der Waals surface area (Å²) >= 11 is 6.89. The second-order valence-electron chi connectivity index (χ2n) is 4.44. The molecule has 1 nitrogen and oxygen atoms in total. The highest BCUT2D eigenvalue weighted by Gasteiger charge is 1.95. The first-order valence-electron chi connectivity index (χ1n) is 6.70. The maximum atomic E-state index is 5.71. The summed E-state index contributed by atoms with van der Waals surface area (Å²) in [5, 5.41) is 2.04. The third-order valence-corrected chi connectivity index (χ3v) is 4.08. The van der Waals surface area contributed by atoms with Crippen molar-refractivity contribution in [1.82, 2.24) is 0 Å². The van der Waals surface area contributed by atoms with E-state index in [0.717, 1.165) is 29.4 Å². The second kappa shape index (κ2) is 10.9. The Bertz CT molecular complexity index is 298. The van der Waals surface area contributed by atoms with Crippen LogP contribution in [0.25, 0.3) is 0 Å². The largest absolute Gasteiger partial charge is 0.494 e. The molecule has 0 aromatic heterocycles. The SMILES string of the molecule is BrCCCCCCCCOc1ccc(CBr)cc1. The Hall–Kier alpha value is -0.0200. The molecule has 0 fully saturated rings.